The molecular weight excluding hydrogens is 440 g/mol. The van der Waals surface area contributed by atoms with Gasteiger partial charge in [0, 0.05) is 20.2 Å². The van der Waals surface area contributed by atoms with Gasteiger partial charge in [-0.05, 0) is 30.5 Å². The number of urea groups is 1. The quantitative estimate of drug-likeness (QED) is 0.339. The third kappa shape index (κ3) is 6.92. The van der Waals surface area contributed by atoms with Crippen LogP contribution < -0.4 is 10.9 Å². The first-order chi connectivity index (χ1) is 17.1. The maximum Gasteiger partial charge on any atom is 0.318 e. The lowest BCUT2D eigenvalue weighted by molar-refractivity contribution is 0.159. The van der Waals surface area contributed by atoms with Gasteiger partial charge in [0.2, 0.25) is 0 Å². The number of rotatable bonds is 13. The molecular formula is C28H38N4O3. The number of nitrogens with one attached hydrogen (secondary N) is 1. The fourth-order valence-corrected chi connectivity index (χ4v) is 4.36. The maximum atomic E-state index is 13.5. The normalized spacial score (nSPS) is 12.0. The summed E-state index contributed by atoms with van der Waals surface area (Å²) in [6.07, 6.45) is 4.85. The first-order valence-electron chi connectivity index (χ1n) is 12.7. The highest BCUT2D eigenvalue weighted by atomic mass is 16.5. The molecule has 35 heavy (non-hydrogen) atoms. The van der Waals surface area contributed by atoms with Crippen LogP contribution in [0.15, 0.2) is 59.4 Å². The van der Waals surface area contributed by atoms with E-state index < -0.39 is 0 Å². The monoisotopic (exact) mass is 478 g/mol. The SMILES string of the molecule is CCCCCCN(C(=O)NCc1ccccc1)C(CC)c1nc2ccccc2c(=O)n1CCOC. The molecule has 0 spiro atoms. The minimum absolute atomic E-state index is 0.100. The molecule has 0 aliphatic rings. The number of methoxy groups -OCH3 is 1. The van der Waals surface area contributed by atoms with Crippen LogP contribution in [-0.4, -0.2) is 40.7 Å². The van der Waals surface area contributed by atoms with Crippen molar-refractivity contribution in [2.75, 3.05) is 20.3 Å². The van der Waals surface area contributed by atoms with E-state index in [0.29, 0.717) is 49.4 Å². The van der Waals surface area contributed by atoms with E-state index in [2.05, 4.69) is 12.2 Å². The Hall–Kier alpha value is -3.19. The number of para-hydroxylation sites is 1. The van der Waals surface area contributed by atoms with Crippen LogP contribution in [0.2, 0.25) is 0 Å². The molecule has 2 aromatic carbocycles. The van der Waals surface area contributed by atoms with Crippen LogP contribution in [0.3, 0.4) is 0 Å². The Morgan fingerprint density at radius 3 is 2.51 bits per heavy atom. The van der Waals surface area contributed by atoms with Crippen molar-refractivity contribution in [2.24, 2.45) is 0 Å². The largest absolute Gasteiger partial charge is 0.383 e. The number of aromatic nitrogens is 2. The molecule has 1 atom stereocenters. The summed E-state index contributed by atoms with van der Waals surface area (Å²) in [6, 6.07) is 16.8. The highest BCUT2D eigenvalue weighted by Crippen LogP contribution is 2.25. The minimum Gasteiger partial charge on any atom is -0.383 e. The van der Waals surface area contributed by atoms with Crippen molar-refractivity contribution in [1.82, 2.24) is 19.8 Å². The Morgan fingerprint density at radius 1 is 1.06 bits per heavy atom. The molecule has 0 aliphatic heterocycles. The summed E-state index contributed by atoms with van der Waals surface area (Å²) in [4.78, 5) is 33.7. The Morgan fingerprint density at radius 2 is 1.80 bits per heavy atom. The van der Waals surface area contributed by atoms with Gasteiger partial charge >= 0.3 is 6.03 Å². The second kappa shape index (κ2) is 13.6. The summed E-state index contributed by atoms with van der Waals surface area (Å²) in [5, 5.41) is 3.66. The number of amides is 2. The van der Waals surface area contributed by atoms with Crippen LogP contribution in [0.25, 0.3) is 10.9 Å². The van der Waals surface area contributed by atoms with E-state index in [4.69, 9.17) is 9.72 Å². The van der Waals surface area contributed by atoms with E-state index in [0.717, 1.165) is 31.2 Å². The number of ether oxygens (including phenoxy) is 1. The number of nitrogens with zero attached hydrogens (tertiary/aromatic N) is 3. The molecule has 7 nitrogen and oxygen atoms in total. The number of carbonyl (C=O) groups is 1. The lowest BCUT2D eigenvalue weighted by Gasteiger charge is -2.32. The lowest BCUT2D eigenvalue weighted by atomic mass is 10.1. The summed E-state index contributed by atoms with van der Waals surface area (Å²) >= 11 is 0. The number of benzene rings is 2. The summed E-state index contributed by atoms with van der Waals surface area (Å²) in [7, 11) is 1.62. The predicted octanol–water partition coefficient (Wildman–Crippen LogP) is 5.29. The van der Waals surface area contributed by atoms with Gasteiger partial charge in [-0.3, -0.25) is 9.36 Å². The summed E-state index contributed by atoms with van der Waals surface area (Å²) in [6.45, 7) is 6.03. The van der Waals surface area contributed by atoms with Gasteiger partial charge in [-0.15, -0.1) is 0 Å². The smallest absolute Gasteiger partial charge is 0.318 e. The second-order valence-corrected chi connectivity index (χ2v) is 8.76. The molecule has 1 N–H and O–H groups in total. The van der Waals surface area contributed by atoms with Crippen molar-refractivity contribution < 1.29 is 9.53 Å². The molecule has 3 rings (SSSR count). The van der Waals surface area contributed by atoms with Gasteiger partial charge in [-0.2, -0.15) is 0 Å². The third-order valence-electron chi connectivity index (χ3n) is 6.27. The Bertz CT molecular complexity index is 1130. The summed E-state index contributed by atoms with van der Waals surface area (Å²) in [5.41, 5.74) is 1.59. The molecule has 0 fully saturated rings. The molecule has 1 unspecified atom stereocenters. The molecule has 0 aliphatic carbocycles. The molecule has 7 heteroatoms. The zero-order valence-electron chi connectivity index (χ0n) is 21.2. The second-order valence-electron chi connectivity index (χ2n) is 8.76. The van der Waals surface area contributed by atoms with Crippen molar-refractivity contribution in [3.63, 3.8) is 0 Å². The van der Waals surface area contributed by atoms with Crippen molar-refractivity contribution in [1.29, 1.82) is 0 Å². The number of carbonyl (C=O) groups excluding carboxylic acids is 1. The number of hydrogen-bond acceptors (Lipinski definition) is 4. The van der Waals surface area contributed by atoms with Crippen LogP contribution in [0.5, 0.6) is 0 Å². The fraction of sp³-hybridized carbons (Fsp3) is 0.464. The predicted molar refractivity (Wildman–Crippen MR) is 140 cm³/mol. The van der Waals surface area contributed by atoms with E-state index in [1.54, 1.807) is 17.7 Å². The van der Waals surface area contributed by atoms with Crippen molar-refractivity contribution in [3.05, 3.63) is 76.3 Å². The first-order valence-corrected chi connectivity index (χ1v) is 12.7. The standard InChI is InChI=1S/C28H38N4O3/c1-4-6-7-13-18-31(28(34)29-21-22-14-9-8-10-15-22)25(5-2)26-30-24-17-12-11-16-23(24)27(33)32(26)19-20-35-3/h8-12,14-17,25H,4-7,13,18-21H2,1-3H3,(H,29,34). The van der Waals surface area contributed by atoms with Crippen molar-refractivity contribution in [2.45, 2.75) is 65.1 Å². The molecule has 0 saturated carbocycles. The van der Waals surface area contributed by atoms with Crippen LogP contribution in [-0.2, 0) is 17.8 Å². The van der Waals surface area contributed by atoms with Gasteiger partial charge in [0.25, 0.3) is 5.56 Å². The van der Waals surface area contributed by atoms with Gasteiger partial charge in [0.1, 0.15) is 5.82 Å². The highest BCUT2D eigenvalue weighted by Gasteiger charge is 2.28. The van der Waals surface area contributed by atoms with E-state index >= 15 is 0 Å². The van der Waals surface area contributed by atoms with E-state index in [1.807, 2.05) is 60.4 Å². The minimum atomic E-state index is -0.332. The van der Waals surface area contributed by atoms with Crippen LogP contribution >= 0.6 is 0 Å². The van der Waals surface area contributed by atoms with Crippen LogP contribution in [0, 0.1) is 0 Å². The molecule has 2 amide bonds. The molecule has 3 aromatic rings. The van der Waals surface area contributed by atoms with Gasteiger partial charge in [0.15, 0.2) is 0 Å². The van der Waals surface area contributed by atoms with Crippen LogP contribution in [0.1, 0.15) is 63.4 Å². The molecule has 0 saturated heterocycles. The molecule has 0 radical (unpaired) electrons. The lowest BCUT2D eigenvalue weighted by Crippen LogP contribution is -2.44. The molecule has 1 heterocycles. The summed E-state index contributed by atoms with van der Waals surface area (Å²) < 4.78 is 6.97. The number of fused-ring (bicyclic) bond motifs is 1. The zero-order chi connectivity index (χ0) is 25.0. The Labute approximate surface area is 208 Å². The Kier molecular flexibility index (Phi) is 10.3. The van der Waals surface area contributed by atoms with Crippen molar-refractivity contribution in [3.8, 4) is 0 Å². The molecule has 1 aromatic heterocycles. The van der Waals surface area contributed by atoms with Gasteiger partial charge < -0.3 is 15.0 Å². The topological polar surface area (TPSA) is 76.5 Å². The maximum absolute atomic E-state index is 13.5. The highest BCUT2D eigenvalue weighted by molar-refractivity contribution is 5.78. The Balaban J connectivity index is 1.97. The first kappa shape index (κ1) is 26.4. The fourth-order valence-electron chi connectivity index (χ4n) is 4.36. The number of hydrogen-bond donors (Lipinski definition) is 1. The van der Waals surface area contributed by atoms with E-state index in [-0.39, 0.29) is 17.6 Å². The zero-order valence-corrected chi connectivity index (χ0v) is 21.2. The average molecular weight is 479 g/mol. The van der Waals surface area contributed by atoms with E-state index in [1.165, 1.54) is 0 Å². The number of unbranched alkanes of at least 4 members (excludes halogenated alkanes) is 3. The van der Waals surface area contributed by atoms with Gasteiger partial charge in [-0.1, -0.05) is 75.6 Å². The summed E-state index contributed by atoms with van der Waals surface area (Å²) in [5.74, 6) is 0.610. The van der Waals surface area contributed by atoms with Crippen molar-refractivity contribution >= 4 is 16.9 Å². The third-order valence-corrected chi connectivity index (χ3v) is 6.27. The molecule has 188 valence electrons. The van der Waals surface area contributed by atoms with E-state index in [9.17, 15) is 9.59 Å². The van der Waals surface area contributed by atoms with Gasteiger partial charge in [-0.25, -0.2) is 9.78 Å². The van der Waals surface area contributed by atoms with Crippen LogP contribution in [0.4, 0.5) is 4.79 Å². The van der Waals surface area contributed by atoms with Gasteiger partial charge in [0.05, 0.1) is 30.1 Å². The average Bonchev–Trinajstić information content (AvgIpc) is 2.89. The molecule has 0 bridgehead atoms.